The smallest absolute Gasteiger partial charge is 0.207 e. The Bertz CT molecular complexity index is 480. The Kier molecular flexibility index (Phi) is 3.85. The first kappa shape index (κ1) is 13.0. The van der Waals surface area contributed by atoms with E-state index in [1.807, 2.05) is 20.8 Å². The molecule has 2 nitrogen and oxygen atoms in total. The zero-order valence-corrected chi connectivity index (χ0v) is 11.9. The van der Waals surface area contributed by atoms with Crippen LogP contribution in [0.5, 0.6) is 0 Å². The van der Waals surface area contributed by atoms with Crippen LogP contribution >= 0.6 is 26.6 Å². The standard InChI is InChI=1S/C10H12BrClO2S/c1-6(2)9-5-8(15(12,13)14)4-7(3)10(9)11/h4-6H,1-3H3. The lowest BCUT2D eigenvalue weighted by atomic mass is 10.0. The summed E-state index contributed by atoms with van der Waals surface area (Å²) in [5.41, 5.74) is 1.83. The lowest BCUT2D eigenvalue weighted by molar-refractivity contribution is 0.609. The monoisotopic (exact) mass is 310 g/mol. The van der Waals surface area contributed by atoms with Crippen LogP contribution in [0.3, 0.4) is 0 Å². The molecule has 5 heteroatoms. The highest BCUT2D eigenvalue weighted by Gasteiger charge is 2.15. The Labute approximate surface area is 103 Å². The van der Waals surface area contributed by atoms with E-state index in [-0.39, 0.29) is 10.8 Å². The number of hydrogen-bond donors (Lipinski definition) is 0. The summed E-state index contributed by atoms with van der Waals surface area (Å²) in [4.78, 5) is 0.161. The average molecular weight is 312 g/mol. The summed E-state index contributed by atoms with van der Waals surface area (Å²) >= 11 is 3.44. The van der Waals surface area contributed by atoms with Gasteiger partial charge in [-0.15, -0.1) is 0 Å². The van der Waals surface area contributed by atoms with Crippen molar-refractivity contribution in [2.75, 3.05) is 0 Å². The molecule has 0 spiro atoms. The molecule has 0 atom stereocenters. The summed E-state index contributed by atoms with van der Waals surface area (Å²) in [7, 11) is 1.67. The van der Waals surface area contributed by atoms with Crippen molar-refractivity contribution in [2.45, 2.75) is 31.6 Å². The first-order chi connectivity index (χ1) is 6.73. The second-order valence-electron chi connectivity index (χ2n) is 3.74. The molecule has 0 aliphatic rings. The molecule has 0 aromatic heterocycles. The van der Waals surface area contributed by atoms with Crippen molar-refractivity contribution in [3.8, 4) is 0 Å². The summed E-state index contributed by atoms with van der Waals surface area (Å²) in [6.07, 6.45) is 0. The van der Waals surface area contributed by atoms with Crippen LogP contribution in [0, 0.1) is 6.92 Å². The van der Waals surface area contributed by atoms with Gasteiger partial charge in [0.05, 0.1) is 4.90 Å². The molecule has 1 rings (SSSR count). The van der Waals surface area contributed by atoms with E-state index in [1.165, 1.54) is 0 Å². The molecular weight excluding hydrogens is 300 g/mol. The molecule has 1 aromatic carbocycles. The molecule has 0 saturated heterocycles. The fourth-order valence-electron chi connectivity index (χ4n) is 1.32. The quantitative estimate of drug-likeness (QED) is 0.778. The first-order valence-corrected chi connectivity index (χ1v) is 7.58. The van der Waals surface area contributed by atoms with Gasteiger partial charge in [-0.05, 0) is 36.1 Å². The van der Waals surface area contributed by atoms with E-state index in [4.69, 9.17) is 10.7 Å². The Morgan fingerprint density at radius 1 is 1.33 bits per heavy atom. The molecule has 0 aliphatic heterocycles. The van der Waals surface area contributed by atoms with Gasteiger partial charge in [0.1, 0.15) is 0 Å². The van der Waals surface area contributed by atoms with Crippen molar-refractivity contribution in [1.29, 1.82) is 0 Å². The molecule has 0 fully saturated rings. The summed E-state index contributed by atoms with van der Waals surface area (Å²) in [6, 6.07) is 3.18. The van der Waals surface area contributed by atoms with E-state index in [9.17, 15) is 8.42 Å². The minimum absolute atomic E-state index is 0.161. The first-order valence-electron chi connectivity index (χ1n) is 4.48. The van der Waals surface area contributed by atoms with Crippen LogP contribution < -0.4 is 0 Å². The molecule has 0 unspecified atom stereocenters. The lowest BCUT2D eigenvalue weighted by Gasteiger charge is -2.12. The third-order valence-electron chi connectivity index (χ3n) is 2.16. The second-order valence-corrected chi connectivity index (χ2v) is 7.09. The van der Waals surface area contributed by atoms with Gasteiger partial charge in [0.2, 0.25) is 0 Å². The molecule has 0 amide bonds. The van der Waals surface area contributed by atoms with Crippen molar-refractivity contribution in [3.05, 3.63) is 27.7 Å². The van der Waals surface area contributed by atoms with Crippen LogP contribution in [-0.4, -0.2) is 8.42 Å². The highest BCUT2D eigenvalue weighted by molar-refractivity contribution is 9.10. The van der Waals surface area contributed by atoms with Gasteiger partial charge in [-0.3, -0.25) is 0 Å². The molecule has 0 saturated carbocycles. The van der Waals surface area contributed by atoms with Gasteiger partial charge in [-0.1, -0.05) is 29.8 Å². The zero-order valence-electron chi connectivity index (χ0n) is 8.71. The van der Waals surface area contributed by atoms with Crippen molar-refractivity contribution in [2.24, 2.45) is 0 Å². The Morgan fingerprint density at radius 2 is 1.87 bits per heavy atom. The maximum absolute atomic E-state index is 11.2. The predicted molar refractivity (Wildman–Crippen MR) is 66.0 cm³/mol. The van der Waals surface area contributed by atoms with Crippen LogP contribution in [0.4, 0.5) is 0 Å². The maximum atomic E-state index is 11.2. The zero-order chi connectivity index (χ0) is 11.8. The van der Waals surface area contributed by atoms with Gasteiger partial charge >= 0.3 is 0 Å². The molecule has 84 valence electrons. The minimum atomic E-state index is -3.65. The summed E-state index contributed by atoms with van der Waals surface area (Å²) in [6.45, 7) is 5.86. The molecule has 0 bridgehead atoms. The third-order valence-corrected chi connectivity index (χ3v) is 4.58. The fourth-order valence-corrected chi connectivity index (χ4v) is 2.86. The number of rotatable bonds is 2. The Hall–Kier alpha value is -0.0600. The Morgan fingerprint density at radius 3 is 2.27 bits per heavy atom. The summed E-state index contributed by atoms with van der Waals surface area (Å²) in [5, 5.41) is 0. The highest BCUT2D eigenvalue weighted by Crippen LogP contribution is 2.31. The second kappa shape index (κ2) is 4.44. The summed E-state index contributed by atoms with van der Waals surface area (Å²) < 4.78 is 23.4. The third kappa shape index (κ3) is 2.95. The number of halogens is 2. The van der Waals surface area contributed by atoms with Gasteiger partial charge in [0.15, 0.2) is 0 Å². The van der Waals surface area contributed by atoms with Crippen molar-refractivity contribution < 1.29 is 8.42 Å². The lowest BCUT2D eigenvalue weighted by Crippen LogP contribution is -1.98. The van der Waals surface area contributed by atoms with E-state index >= 15 is 0 Å². The van der Waals surface area contributed by atoms with Crippen LogP contribution in [0.15, 0.2) is 21.5 Å². The molecular formula is C10H12BrClO2S. The molecule has 0 N–H and O–H groups in total. The molecule has 0 heterocycles. The van der Waals surface area contributed by atoms with E-state index < -0.39 is 9.05 Å². The topological polar surface area (TPSA) is 34.1 Å². The number of aryl methyl sites for hydroxylation is 1. The number of hydrogen-bond acceptors (Lipinski definition) is 2. The largest absolute Gasteiger partial charge is 0.261 e. The SMILES string of the molecule is Cc1cc(S(=O)(=O)Cl)cc(C(C)C)c1Br. The van der Waals surface area contributed by atoms with Gasteiger partial charge < -0.3 is 0 Å². The van der Waals surface area contributed by atoms with Crippen molar-refractivity contribution in [3.63, 3.8) is 0 Å². The fraction of sp³-hybridized carbons (Fsp3) is 0.400. The van der Waals surface area contributed by atoms with Gasteiger partial charge in [0.25, 0.3) is 9.05 Å². The van der Waals surface area contributed by atoms with Crippen LogP contribution in [-0.2, 0) is 9.05 Å². The van der Waals surface area contributed by atoms with E-state index in [1.54, 1.807) is 12.1 Å². The van der Waals surface area contributed by atoms with Crippen LogP contribution in [0.2, 0.25) is 0 Å². The minimum Gasteiger partial charge on any atom is -0.207 e. The van der Waals surface area contributed by atoms with Crippen LogP contribution in [0.25, 0.3) is 0 Å². The molecule has 15 heavy (non-hydrogen) atoms. The molecule has 1 aromatic rings. The van der Waals surface area contributed by atoms with Gasteiger partial charge in [-0.25, -0.2) is 8.42 Å². The van der Waals surface area contributed by atoms with E-state index in [2.05, 4.69) is 15.9 Å². The highest BCUT2D eigenvalue weighted by atomic mass is 79.9. The maximum Gasteiger partial charge on any atom is 0.261 e. The van der Waals surface area contributed by atoms with Gasteiger partial charge in [-0.2, -0.15) is 0 Å². The predicted octanol–water partition coefficient (Wildman–Crippen LogP) is 3.81. The van der Waals surface area contributed by atoms with Crippen molar-refractivity contribution >= 4 is 35.7 Å². The molecule has 0 radical (unpaired) electrons. The Balaban J connectivity index is 3.50. The normalized spacial score (nSPS) is 12.1. The van der Waals surface area contributed by atoms with Gasteiger partial charge in [0, 0.05) is 15.2 Å². The van der Waals surface area contributed by atoms with E-state index in [0.29, 0.717) is 0 Å². The number of benzene rings is 1. The average Bonchev–Trinajstić information content (AvgIpc) is 2.06. The molecule has 0 aliphatic carbocycles. The van der Waals surface area contributed by atoms with Crippen LogP contribution in [0.1, 0.15) is 30.9 Å². The summed E-state index contributed by atoms with van der Waals surface area (Å²) in [5.74, 6) is 0.247. The van der Waals surface area contributed by atoms with E-state index in [0.717, 1.165) is 15.6 Å². The van der Waals surface area contributed by atoms with Crippen molar-refractivity contribution in [1.82, 2.24) is 0 Å².